The first-order valence-corrected chi connectivity index (χ1v) is 7.34. The highest BCUT2D eigenvalue weighted by Crippen LogP contribution is 2.36. The highest BCUT2D eigenvalue weighted by molar-refractivity contribution is 5.97. The first-order valence-electron chi connectivity index (χ1n) is 7.34. The molecule has 0 aliphatic carbocycles. The van der Waals surface area contributed by atoms with Crippen molar-refractivity contribution in [2.24, 2.45) is 0 Å². The van der Waals surface area contributed by atoms with Crippen molar-refractivity contribution in [3.63, 3.8) is 0 Å². The molecule has 0 radical (unpaired) electrons. The van der Waals surface area contributed by atoms with Gasteiger partial charge in [0.05, 0.1) is 17.4 Å². The van der Waals surface area contributed by atoms with Crippen molar-refractivity contribution >= 4 is 17.3 Å². The van der Waals surface area contributed by atoms with Crippen LogP contribution in [0, 0.1) is 0 Å². The number of nitrogens with zero attached hydrogens (tertiary/aromatic N) is 2. The number of para-hydroxylation sites is 2. The van der Waals surface area contributed by atoms with Gasteiger partial charge in [-0.2, -0.15) is 0 Å². The minimum absolute atomic E-state index is 0.106. The van der Waals surface area contributed by atoms with Gasteiger partial charge in [0.25, 0.3) is 0 Å². The van der Waals surface area contributed by atoms with E-state index < -0.39 is 0 Å². The van der Waals surface area contributed by atoms with Gasteiger partial charge in [-0.25, -0.2) is 0 Å². The summed E-state index contributed by atoms with van der Waals surface area (Å²) in [6, 6.07) is 18.8. The number of rotatable bonds is 2. The summed E-state index contributed by atoms with van der Waals surface area (Å²) < 4.78 is 0. The lowest BCUT2D eigenvalue weighted by Gasteiger charge is -2.41. The monoisotopic (exact) mass is 280 g/mol. The van der Waals surface area contributed by atoms with E-state index in [1.54, 1.807) is 6.92 Å². The van der Waals surface area contributed by atoms with E-state index >= 15 is 0 Å². The predicted octanol–water partition coefficient (Wildman–Crippen LogP) is 3.45. The largest absolute Gasteiger partial charge is 0.363 e. The fourth-order valence-corrected chi connectivity index (χ4v) is 3.11. The highest BCUT2D eigenvalue weighted by atomic mass is 16.2. The Bertz CT molecular complexity index is 639. The van der Waals surface area contributed by atoms with Crippen molar-refractivity contribution < 1.29 is 4.79 Å². The molecule has 1 atom stereocenters. The summed E-state index contributed by atoms with van der Waals surface area (Å²) in [5.41, 5.74) is 3.44. The molecule has 0 N–H and O–H groups in total. The summed E-state index contributed by atoms with van der Waals surface area (Å²) >= 11 is 0. The third-order valence-corrected chi connectivity index (χ3v) is 3.96. The van der Waals surface area contributed by atoms with Crippen molar-refractivity contribution in [3.05, 3.63) is 60.2 Å². The van der Waals surface area contributed by atoms with Crippen molar-refractivity contribution in [2.45, 2.75) is 26.4 Å². The van der Waals surface area contributed by atoms with Crippen LogP contribution in [-0.2, 0) is 11.3 Å². The fourth-order valence-electron chi connectivity index (χ4n) is 3.11. The van der Waals surface area contributed by atoms with Crippen molar-refractivity contribution in [3.8, 4) is 0 Å². The number of fused-ring (bicyclic) bond motifs is 1. The standard InChI is InChI=1S/C18H20N2O/c1-14-12-19(13-16-8-4-3-5-9-16)17-10-6-7-11-18(17)20(14)15(2)21/h3-11,14H,12-13H2,1-2H3. The minimum Gasteiger partial charge on any atom is -0.363 e. The van der Waals surface area contributed by atoms with Crippen LogP contribution in [0.1, 0.15) is 19.4 Å². The number of hydrogen-bond donors (Lipinski definition) is 0. The predicted molar refractivity (Wildman–Crippen MR) is 86.6 cm³/mol. The zero-order valence-electron chi connectivity index (χ0n) is 12.5. The van der Waals surface area contributed by atoms with Crippen molar-refractivity contribution in [1.29, 1.82) is 0 Å². The Morgan fingerprint density at radius 2 is 1.67 bits per heavy atom. The minimum atomic E-state index is 0.106. The van der Waals surface area contributed by atoms with Crippen LogP contribution in [0.15, 0.2) is 54.6 Å². The molecule has 21 heavy (non-hydrogen) atoms. The molecule has 0 bridgehead atoms. The van der Waals surface area contributed by atoms with Crippen LogP contribution < -0.4 is 9.80 Å². The van der Waals surface area contributed by atoms with Crippen molar-refractivity contribution in [1.82, 2.24) is 0 Å². The molecule has 1 heterocycles. The van der Waals surface area contributed by atoms with Gasteiger partial charge in [0.15, 0.2) is 0 Å². The Kier molecular flexibility index (Phi) is 3.65. The summed E-state index contributed by atoms with van der Waals surface area (Å²) in [5.74, 6) is 0.106. The molecular formula is C18H20N2O. The van der Waals surface area contributed by atoms with E-state index in [-0.39, 0.29) is 11.9 Å². The van der Waals surface area contributed by atoms with Crippen molar-refractivity contribution in [2.75, 3.05) is 16.3 Å². The maximum absolute atomic E-state index is 11.9. The second kappa shape index (κ2) is 5.60. The zero-order valence-corrected chi connectivity index (χ0v) is 12.5. The third kappa shape index (κ3) is 2.64. The summed E-state index contributed by atoms with van der Waals surface area (Å²) in [4.78, 5) is 16.2. The normalized spacial score (nSPS) is 17.5. The number of anilines is 2. The Morgan fingerprint density at radius 1 is 1.05 bits per heavy atom. The highest BCUT2D eigenvalue weighted by Gasteiger charge is 2.29. The molecule has 0 saturated heterocycles. The van der Waals surface area contributed by atoms with Gasteiger partial charge in [0, 0.05) is 20.0 Å². The maximum atomic E-state index is 11.9. The smallest absolute Gasteiger partial charge is 0.224 e. The molecule has 1 amide bonds. The average Bonchev–Trinajstić information content (AvgIpc) is 2.48. The second-order valence-corrected chi connectivity index (χ2v) is 5.59. The van der Waals surface area contributed by atoms with Crippen LogP contribution in [0.25, 0.3) is 0 Å². The number of amides is 1. The molecule has 3 heteroatoms. The lowest BCUT2D eigenvalue weighted by Crippen LogP contribution is -2.49. The topological polar surface area (TPSA) is 23.6 Å². The van der Waals surface area contributed by atoms with E-state index in [9.17, 15) is 4.79 Å². The van der Waals surface area contributed by atoms with E-state index in [0.717, 1.165) is 24.5 Å². The number of carbonyl (C=O) groups excluding carboxylic acids is 1. The van der Waals surface area contributed by atoms with Gasteiger partial charge in [-0.15, -0.1) is 0 Å². The number of carbonyl (C=O) groups is 1. The Morgan fingerprint density at radius 3 is 2.33 bits per heavy atom. The van der Waals surface area contributed by atoms with E-state index in [4.69, 9.17) is 0 Å². The molecule has 0 saturated carbocycles. The van der Waals surface area contributed by atoms with Crippen LogP contribution in [0.5, 0.6) is 0 Å². The Hall–Kier alpha value is -2.29. The number of benzene rings is 2. The SMILES string of the molecule is CC(=O)N1c2ccccc2N(Cc2ccccc2)CC1C. The number of hydrogen-bond acceptors (Lipinski definition) is 2. The maximum Gasteiger partial charge on any atom is 0.224 e. The second-order valence-electron chi connectivity index (χ2n) is 5.59. The molecule has 3 rings (SSSR count). The van der Waals surface area contributed by atoms with Crippen LogP contribution in [0.4, 0.5) is 11.4 Å². The molecule has 0 spiro atoms. The molecule has 3 nitrogen and oxygen atoms in total. The summed E-state index contributed by atoms with van der Waals surface area (Å²) in [6.07, 6.45) is 0. The molecule has 2 aromatic rings. The Balaban J connectivity index is 1.96. The van der Waals surface area contributed by atoms with Gasteiger partial charge in [-0.05, 0) is 24.6 Å². The van der Waals surface area contributed by atoms with Crippen LogP contribution in [-0.4, -0.2) is 18.5 Å². The lowest BCUT2D eigenvalue weighted by atomic mass is 10.1. The molecule has 1 unspecified atom stereocenters. The van der Waals surface area contributed by atoms with Gasteiger partial charge in [-0.3, -0.25) is 4.79 Å². The molecule has 2 aromatic carbocycles. The van der Waals surface area contributed by atoms with Gasteiger partial charge in [-0.1, -0.05) is 42.5 Å². The van der Waals surface area contributed by atoms with Crippen LogP contribution >= 0.6 is 0 Å². The van der Waals surface area contributed by atoms with Gasteiger partial charge >= 0.3 is 0 Å². The molecule has 108 valence electrons. The molecule has 0 fully saturated rings. The Labute approximate surface area is 125 Å². The summed E-state index contributed by atoms with van der Waals surface area (Å²) in [6.45, 7) is 5.47. The van der Waals surface area contributed by atoms with E-state index in [2.05, 4.69) is 42.2 Å². The summed E-state index contributed by atoms with van der Waals surface area (Å²) in [7, 11) is 0. The molecule has 1 aliphatic rings. The van der Waals surface area contributed by atoms with Gasteiger partial charge in [0.1, 0.15) is 0 Å². The van der Waals surface area contributed by atoms with Crippen LogP contribution in [0.3, 0.4) is 0 Å². The zero-order chi connectivity index (χ0) is 14.8. The first-order chi connectivity index (χ1) is 10.2. The van der Waals surface area contributed by atoms with E-state index in [1.807, 2.05) is 29.2 Å². The lowest BCUT2D eigenvalue weighted by molar-refractivity contribution is -0.117. The molecular weight excluding hydrogens is 260 g/mol. The van der Waals surface area contributed by atoms with Crippen LogP contribution in [0.2, 0.25) is 0 Å². The molecule has 0 aromatic heterocycles. The van der Waals surface area contributed by atoms with E-state index in [1.165, 1.54) is 5.56 Å². The fraction of sp³-hybridized carbons (Fsp3) is 0.278. The molecule has 1 aliphatic heterocycles. The quantitative estimate of drug-likeness (QED) is 0.841. The first kappa shape index (κ1) is 13.7. The average molecular weight is 280 g/mol. The van der Waals surface area contributed by atoms with E-state index in [0.29, 0.717) is 0 Å². The van der Waals surface area contributed by atoms with Gasteiger partial charge in [0.2, 0.25) is 5.91 Å². The third-order valence-electron chi connectivity index (χ3n) is 3.96. The van der Waals surface area contributed by atoms with Gasteiger partial charge < -0.3 is 9.80 Å². The summed E-state index contributed by atoms with van der Waals surface area (Å²) in [5, 5.41) is 0.